The van der Waals surface area contributed by atoms with Crippen LogP contribution in [0.25, 0.3) is 0 Å². The van der Waals surface area contributed by atoms with E-state index in [4.69, 9.17) is 21.1 Å². The summed E-state index contributed by atoms with van der Waals surface area (Å²) >= 11 is 6.10. The number of benzene rings is 1. The minimum atomic E-state index is 0.198. The molecule has 0 saturated heterocycles. The maximum atomic E-state index is 6.10. The maximum Gasteiger partial charge on any atom is 0.122 e. The van der Waals surface area contributed by atoms with Crippen LogP contribution in [0.4, 0.5) is 0 Å². The Morgan fingerprint density at radius 2 is 2.00 bits per heavy atom. The average Bonchev–Trinajstić information content (AvgIpc) is 2.44. The number of likely N-dealkylation sites (N-methyl/N-ethyl adjacent to an activating group) is 1. The lowest BCUT2D eigenvalue weighted by atomic mass is 9.97. The molecule has 2 unspecified atom stereocenters. The highest BCUT2D eigenvalue weighted by molar-refractivity contribution is 6.30. The molecule has 2 atom stereocenters. The Morgan fingerprint density at radius 3 is 2.55 bits per heavy atom. The quantitative estimate of drug-likeness (QED) is 0.754. The molecule has 1 aromatic carbocycles. The predicted molar refractivity (Wildman–Crippen MR) is 84.9 cm³/mol. The Hall–Kier alpha value is -0.770. The second kappa shape index (κ2) is 9.22. The number of hydrogen-bond donors (Lipinski definition) is 1. The van der Waals surface area contributed by atoms with Crippen LogP contribution < -0.4 is 10.1 Å². The van der Waals surface area contributed by atoms with Crippen molar-refractivity contribution < 1.29 is 9.47 Å². The molecule has 0 aliphatic heterocycles. The maximum absolute atomic E-state index is 6.10. The lowest BCUT2D eigenvalue weighted by molar-refractivity contribution is 0.0612. The molecule has 1 N–H and O–H groups in total. The molecule has 0 aromatic heterocycles. The van der Waals surface area contributed by atoms with Crippen molar-refractivity contribution in [2.45, 2.75) is 45.3 Å². The highest BCUT2D eigenvalue weighted by atomic mass is 35.5. The van der Waals surface area contributed by atoms with Crippen LogP contribution >= 0.6 is 11.6 Å². The van der Waals surface area contributed by atoms with E-state index in [-0.39, 0.29) is 12.1 Å². The van der Waals surface area contributed by atoms with Crippen LogP contribution in [0.2, 0.25) is 5.02 Å². The molecule has 0 bridgehead atoms. The number of rotatable bonds is 9. The van der Waals surface area contributed by atoms with Crippen molar-refractivity contribution in [2.24, 2.45) is 0 Å². The summed E-state index contributed by atoms with van der Waals surface area (Å²) < 4.78 is 11.1. The van der Waals surface area contributed by atoms with Crippen molar-refractivity contribution in [3.05, 3.63) is 28.8 Å². The largest absolute Gasteiger partial charge is 0.496 e. The second-order valence-electron chi connectivity index (χ2n) is 4.89. The van der Waals surface area contributed by atoms with Crippen LogP contribution in [0.3, 0.4) is 0 Å². The topological polar surface area (TPSA) is 30.5 Å². The van der Waals surface area contributed by atoms with E-state index in [1.54, 1.807) is 14.2 Å². The summed E-state index contributed by atoms with van der Waals surface area (Å²) in [5.41, 5.74) is 1.11. The molecule has 0 spiro atoms. The standard InChI is InChI=1S/C16H26ClNO2/c1-5-7-16(20-4)14(18-6-2)11-12-10-13(17)8-9-15(12)19-3/h8-10,14,16,18H,5-7,11H2,1-4H3. The summed E-state index contributed by atoms with van der Waals surface area (Å²) in [6.45, 7) is 5.20. The molecule has 0 radical (unpaired) electrons. The zero-order chi connectivity index (χ0) is 15.0. The molecule has 0 aliphatic carbocycles. The summed E-state index contributed by atoms with van der Waals surface area (Å²) in [6.07, 6.45) is 3.18. The molecule has 114 valence electrons. The molecule has 0 heterocycles. The van der Waals surface area contributed by atoms with Gasteiger partial charge in [-0.25, -0.2) is 0 Å². The van der Waals surface area contributed by atoms with Crippen molar-refractivity contribution in [1.29, 1.82) is 0 Å². The number of ether oxygens (including phenoxy) is 2. The van der Waals surface area contributed by atoms with Crippen LogP contribution in [-0.4, -0.2) is 32.9 Å². The molecule has 4 heteroatoms. The number of halogens is 1. The van der Waals surface area contributed by atoms with Gasteiger partial charge in [-0.15, -0.1) is 0 Å². The molecular formula is C16H26ClNO2. The van der Waals surface area contributed by atoms with E-state index in [9.17, 15) is 0 Å². The van der Waals surface area contributed by atoms with Crippen LogP contribution in [0.5, 0.6) is 5.75 Å². The van der Waals surface area contributed by atoms with Crippen LogP contribution in [0, 0.1) is 0 Å². The highest BCUT2D eigenvalue weighted by Crippen LogP contribution is 2.25. The Kier molecular flexibility index (Phi) is 7.97. The van der Waals surface area contributed by atoms with Crippen molar-refractivity contribution in [3.63, 3.8) is 0 Å². The van der Waals surface area contributed by atoms with Crippen molar-refractivity contribution in [2.75, 3.05) is 20.8 Å². The number of nitrogens with one attached hydrogen (secondary N) is 1. The lowest BCUT2D eigenvalue weighted by Crippen LogP contribution is -2.42. The van der Waals surface area contributed by atoms with Gasteiger partial charge in [0, 0.05) is 18.2 Å². The van der Waals surface area contributed by atoms with Gasteiger partial charge in [0.2, 0.25) is 0 Å². The van der Waals surface area contributed by atoms with E-state index in [1.165, 1.54) is 0 Å². The lowest BCUT2D eigenvalue weighted by Gasteiger charge is -2.27. The Balaban J connectivity index is 2.91. The fraction of sp³-hybridized carbons (Fsp3) is 0.625. The van der Waals surface area contributed by atoms with E-state index in [2.05, 4.69) is 19.2 Å². The summed E-state index contributed by atoms with van der Waals surface area (Å²) in [4.78, 5) is 0. The van der Waals surface area contributed by atoms with Gasteiger partial charge in [-0.1, -0.05) is 31.9 Å². The van der Waals surface area contributed by atoms with Gasteiger partial charge in [0.25, 0.3) is 0 Å². The SMILES string of the molecule is CCCC(OC)C(Cc1cc(Cl)ccc1OC)NCC. The second-order valence-corrected chi connectivity index (χ2v) is 5.32. The van der Waals surface area contributed by atoms with Crippen LogP contribution in [0.1, 0.15) is 32.3 Å². The third-order valence-electron chi connectivity index (χ3n) is 3.47. The van der Waals surface area contributed by atoms with E-state index < -0.39 is 0 Å². The zero-order valence-electron chi connectivity index (χ0n) is 12.9. The summed E-state index contributed by atoms with van der Waals surface area (Å²) in [6, 6.07) is 6.01. The highest BCUT2D eigenvalue weighted by Gasteiger charge is 2.21. The van der Waals surface area contributed by atoms with Crippen LogP contribution in [0.15, 0.2) is 18.2 Å². The molecule has 0 saturated carbocycles. The zero-order valence-corrected chi connectivity index (χ0v) is 13.7. The normalized spacial score (nSPS) is 14.1. The van der Waals surface area contributed by atoms with Gasteiger partial charge in [-0.05, 0) is 43.1 Å². The Bertz CT molecular complexity index is 398. The summed E-state index contributed by atoms with van der Waals surface area (Å²) in [5, 5.41) is 4.25. The van der Waals surface area contributed by atoms with E-state index in [1.807, 2.05) is 18.2 Å². The first-order chi connectivity index (χ1) is 9.65. The Labute approximate surface area is 127 Å². The van der Waals surface area contributed by atoms with E-state index >= 15 is 0 Å². The monoisotopic (exact) mass is 299 g/mol. The number of hydrogen-bond acceptors (Lipinski definition) is 3. The summed E-state index contributed by atoms with van der Waals surface area (Å²) in [7, 11) is 3.47. The summed E-state index contributed by atoms with van der Waals surface area (Å²) in [5.74, 6) is 0.878. The van der Waals surface area contributed by atoms with E-state index in [0.717, 1.165) is 42.1 Å². The molecule has 0 aliphatic rings. The van der Waals surface area contributed by atoms with Crippen molar-refractivity contribution in [3.8, 4) is 5.75 Å². The Morgan fingerprint density at radius 1 is 1.25 bits per heavy atom. The van der Waals surface area contributed by atoms with Crippen molar-refractivity contribution >= 4 is 11.6 Å². The first-order valence-corrected chi connectivity index (χ1v) is 7.62. The molecule has 0 amide bonds. The van der Waals surface area contributed by atoms with Gasteiger partial charge in [0.05, 0.1) is 13.2 Å². The molecule has 20 heavy (non-hydrogen) atoms. The minimum absolute atomic E-state index is 0.198. The average molecular weight is 300 g/mol. The van der Waals surface area contributed by atoms with Gasteiger partial charge in [0.1, 0.15) is 5.75 Å². The van der Waals surface area contributed by atoms with Gasteiger partial charge >= 0.3 is 0 Å². The first kappa shape index (κ1) is 17.3. The van der Waals surface area contributed by atoms with Gasteiger partial charge in [-0.2, -0.15) is 0 Å². The number of methoxy groups -OCH3 is 2. The van der Waals surface area contributed by atoms with Gasteiger partial charge in [0.15, 0.2) is 0 Å². The van der Waals surface area contributed by atoms with Crippen molar-refractivity contribution in [1.82, 2.24) is 5.32 Å². The molecule has 0 fully saturated rings. The molecule has 3 nitrogen and oxygen atoms in total. The molecule has 1 rings (SSSR count). The fourth-order valence-corrected chi connectivity index (χ4v) is 2.70. The van der Waals surface area contributed by atoms with Gasteiger partial charge in [-0.3, -0.25) is 0 Å². The first-order valence-electron chi connectivity index (χ1n) is 7.24. The molecule has 1 aromatic rings. The van der Waals surface area contributed by atoms with E-state index in [0.29, 0.717) is 0 Å². The minimum Gasteiger partial charge on any atom is -0.496 e. The third-order valence-corrected chi connectivity index (χ3v) is 3.71. The van der Waals surface area contributed by atoms with Gasteiger partial charge < -0.3 is 14.8 Å². The molecular weight excluding hydrogens is 274 g/mol. The predicted octanol–water partition coefficient (Wildman–Crippen LogP) is 3.68. The van der Waals surface area contributed by atoms with Crippen LogP contribution in [-0.2, 0) is 11.2 Å². The smallest absolute Gasteiger partial charge is 0.122 e. The fourth-order valence-electron chi connectivity index (χ4n) is 2.51. The third kappa shape index (κ3) is 4.97.